The highest BCUT2D eigenvalue weighted by molar-refractivity contribution is 9.10. The molecule has 0 aromatic heterocycles. The lowest BCUT2D eigenvalue weighted by Gasteiger charge is -2.13. The minimum absolute atomic E-state index is 0.221. The fourth-order valence-electron chi connectivity index (χ4n) is 2.73. The van der Waals surface area contributed by atoms with E-state index in [1.807, 2.05) is 24.3 Å². The maximum absolute atomic E-state index is 12.6. The van der Waals surface area contributed by atoms with Crippen LogP contribution in [0.4, 0.5) is 5.69 Å². The van der Waals surface area contributed by atoms with Crippen LogP contribution in [0.2, 0.25) is 0 Å². The molecule has 0 saturated heterocycles. The van der Waals surface area contributed by atoms with E-state index in [-0.39, 0.29) is 11.0 Å². The molecule has 2 aromatic rings. The van der Waals surface area contributed by atoms with E-state index >= 15 is 0 Å². The monoisotopic (exact) mass is 506 g/mol. The van der Waals surface area contributed by atoms with Crippen molar-refractivity contribution < 1.29 is 14.3 Å². The van der Waals surface area contributed by atoms with Crippen molar-refractivity contribution in [2.75, 3.05) is 18.5 Å². The first kappa shape index (κ1) is 25.1. The fraction of sp³-hybridized carbons (Fsp3) is 0.417. The minimum atomic E-state index is -0.292. The first-order valence-corrected chi connectivity index (χ1v) is 11.9. The van der Waals surface area contributed by atoms with Crippen LogP contribution >= 0.6 is 28.1 Å². The summed E-state index contributed by atoms with van der Waals surface area (Å²) in [5.41, 5.74) is 1.24. The predicted octanol–water partition coefficient (Wildman–Crippen LogP) is 6.57. The molecule has 0 radical (unpaired) electrons. The van der Waals surface area contributed by atoms with Crippen molar-refractivity contribution in [3.05, 3.63) is 52.5 Å². The Morgan fingerprint density at radius 1 is 1.10 bits per heavy atom. The van der Waals surface area contributed by atoms with Gasteiger partial charge in [0, 0.05) is 17.3 Å². The highest BCUT2D eigenvalue weighted by Gasteiger charge is 2.11. The Morgan fingerprint density at radius 3 is 2.61 bits per heavy atom. The third-order valence-corrected chi connectivity index (χ3v) is 5.18. The van der Waals surface area contributed by atoms with Gasteiger partial charge < -0.3 is 14.8 Å². The van der Waals surface area contributed by atoms with Crippen LogP contribution in [0.3, 0.4) is 0 Å². The van der Waals surface area contributed by atoms with Crippen molar-refractivity contribution in [1.82, 2.24) is 5.32 Å². The van der Waals surface area contributed by atoms with Gasteiger partial charge in [0.1, 0.15) is 11.5 Å². The van der Waals surface area contributed by atoms with Crippen molar-refractivity contribution in [3.8, 4) is 11.5 Å². The van der Waals surface area contributed by atoms with Crippen molar-refractivity contribution in [2.24, 2.45) is 5.92 Å². The molecule has 5 nitrogen and oxygen atoms in total. The van der Waals surface area contributed by atoms with Gasteiger partial charge in [-0.15, -0.1) is 0 Å². The molecule has 0 saturated carbocycles. The topological polar surface area (TPSA) is 59.6 Å². The Bertz CT molecular complexity index is 874. The molecule has 0 heterocycles. The smallest absolute Gasteiger partial charge is 0.257 e. The number of carbonyl (C=O) groups excluding carboxylic acids is 1. The zero-order chi connectivity index (χ0) is 22.6. The van der Waals surface area contributed by atoms with Gasteiger partial charge in [-0.2, -0.15) is 0 Å². The summed E-state index contributed by atoms with van der Waals surface area (Å²) < 4.78 is 12.3. The van der Waals surface area contributed by atoms with Crippen LogP contribution in [0.15, 0.2) is 46.9 Å². The van der Waals surface area contributed by atoms with Gasteiger partial charge in [-0.25, -0.2) is 0 Å². The van der Waals surface area contributed by atoms with E-state index in [4.69, 9.17) is 21.7 Å². The lowest BCUT2D eigenvalue weighted by molar-refractivity contribution is 0.0977. The third-order valence-electron chi connectivity index (χ3n) is 4.35. The molecule has 0 aliphatic rings. The SMILES string of the molecule is CCCCCCOc1ccc(C(=O)NC(=S)Nc2cccc(OCC(C)C)c2)cc1Br. The molecule has 1 amide bonds. The lowest BCUT2D eigenvalue weighted by Crippen LogP contribution is -2.34. The first-order valence-electron chi connectivity index (χ1n) is 10.7. The van der Waals surface area contributed by atoms with Crippen LogP contribution in [-0.4, -0.2) is 24.2 Å². The molecule has 0 spiro atoms. The number of halogens is 1. The van der Waals surface area contributed by atoms with E-state index in [0.29, 0.717) is 24.7 Å². The molecule has 0 bridgehead atoms. The molecule has 31 heavy (non-hydrogen) atoms. The van der Waals surface area contributed by atoms with Crippen LogP contribution < -0.4 is 20.1 Å². The van der Waals surface area contributed by atoms with Crippen LogP contribution in [-0.2, 0) is 0 Å². The Labute approximate surface area is 199 Å². The standard InChI is InChI=1S/C24H31BrN2O3S/c1-4-5-6-7-13-29-22-12-11-18(14-21(22)25)23(28)27-24(31)26-19-9-8-10-20(15-19)30-16-17(2)3/h8-12,14-15,17H,4-7,13,16H2,1-3H3,(H2,26,27,28,31). The number of benzene rings is 2. The number of nitrogens with one attached hydrogen (secondary N) is 2. The average molecular weight is 507 g/mol. The summed E-state index contributed by atoms with van der Waals surface area (Å²) in [6, 6.07) is 12.7. The molecule has 7 heteroatoms. The lowest BCUT2D eigenvalue weighted by atomic mass is 10.2. The Balaban J connectivity index is 1.87. The molecule has 0 unspecified atom stereocenters. The molecular weight excluding hydrogens is 476 g/mol. The van der Waals surface area contributed by atoms with E-state index in [2.05, 4.69) is 47.3 Å². The average Bonchev–Trinajstić information content (AvgIpc) is 2.73. The van der Waals surface area contributed by atoms with Crippen LogP contribution in [0.25, 0.3) is 0 Å². The summed E-state index contributed by atoms with van der Waals surface area (Å²) in [5.74, 6) is 1.63. The molecule has 2 rings (SSSR count). The number of anilines is 1. The molecule has 2 N–H and O–H groups in total. The number of hydrogen-bond donors (Lipinski definition) is 2. The molecule has 0 fully saturated rings. The fourth-order valence-corrected chi connectivity index (χ4v) is 3.44. The number of hydrogen-bond acceptors (Lipinski definition) is 4. The molecular formula is C24H31BrN2O3S. The van der Waals surface area contributed by atoms with Crippen LogP contribution in [0.5, 0.6) is 11.5 Å². The highest BCUT2D eigenvalue weighted by atomic mass is 79.9. The summed E-state index contributed by atoms with van der Waals surface area (Å²) >= 11 is 8.78. The van der Waals surface area contributed by atoms with Crippen molar-refractivity contribution in [3.63, 3.8) is 0 Å². The van der Waals surface area contributed by atoms with Crippen LogP contribution in [0.1, 0.15) is 56.8 Å². The maximum atomic E-state index is 12.6. The highest BCUT2D eigenvalue weighted by Crippen LogP contribution is 2.26. The first-order chi connectivity index (χ1) is 14.9. The van der Waals surface area contributed by atoms with E-state index in [1.165, 1.54) is 12.8 Å². The summed E-state index contributed by atoms with van der Waals surface area (Å²) in [7, 11) is 0. The number of rotatable bonds is 11. The summed E-state index contributed by atoms with van der Waals surface area (Å²) in [6.07, 6.45) is 4.59. The maximum Gasteiger partial charge on any atom is 0.257 e. The number of carbonyl (C=O) groups is 1. The van der Waals surface area contributed by atoms with Gasteiger partial charge in [0.2, 0.25) is 0 Å². The van der Waals surface area contributed by atoms with Gasteiger partial charge in [0.05, 0.1) is 17.7 Å². The summed E-state index contributed by atoms with van der Waals surface area (Å²) in [5, 5.41) is 5.95. The molecule has 2 aromatic carbocycles. The van der Waals surface area contributed by atoms with E-state index in [9.17, 15) is 4.79 Å². The summed E-state index contributed by atoms with van der Waals surface area (Å²) in [6.45, 7) is 7.67. The van der Waals surface area contributed by atoms with E-state index < -0.39 is 0 Å². The minimum Gasteiger partial charge on any atom is -0.493 e. The normalized spacial score (nSPS) is 10.6. The zero-order valence-corrected chi connectivity index (χ0v) is 20.8. The van der Waals surface area contributed by atoms with Gasteiger partial charge in [-0.3, -0.25) is 10.1 Å². The largest absolute Gasteiger partial charge is 0.493 e. The molecule has 0 aliphatic carbocycles. The van der Waals surface area contributed by atoms with Crippen molar-refractivity contribution in [1.29, 1.82) is 0 Å². The van der Waals surface area contributed by atoms with Gasteiger partial charge >= 0.3 is 0 Å². The summed E-state index contributed by atoms with van der Waals surface area (Å²) in [4.78, 5) is 12.6. The molecule has 0 aliphatic heterocycles. The molecule has 168 valence electrons. The van der Waals surface area contributed by atoms with E-state index in [0.717, 1.165) is 34.5 Å². The zero-order valence-electron chi connectivity index (χ0n) is 18.4. The molecule has 0 atom stereocenters. The number of ether oxygens (including phenoxy) is 2. The second kappa shape index (κ2) is 13.3. The van der Waals surface area contributed by atoms with Gasteiger partial charge in [0.25, 0.3) is 5.91 Å². The Morgan fingerprint density at radius 2 is 1.90 bits per heavy atom. The van der Waals surface area contributed by atoms with Crippen molar-refractivity contribution in [2.45, 2.75) is 46.5 Å². The van der Waals surface area contributed by atoms with Crippen LogP contribution in [0, 0.1) is 5.92 Å². The third kappa shape index (κ3) is 9.27. The van der Waals surface area contributed by atoms with Crippen molar-refractivity contribution >= 4 is 44.9 Å². The predicted molar refractivity (Wildman–Crippen MR) is 134 cm³/mol. The Kier molecular flexibility index (Phi) is 10.8. The second-order valence-electron chi connectivity index (χ2n) is 7.70. The number of unbranched alkanes of at least 4 members (excludes halogenated alkanes) is 3. The van der Waals surface area contributed by atoms with E-state index in [1.54, 1.807) is 18.2 Å². The second-order valence-corrected chi connectivity index (χ2v) is 8.96. The number of thiocarbonyl (C=S) groups is 1. The quantitative estimate of drug-likeness (QED) is 0.266. The Hall–Kier alpha value is -2.12. The number of amides is 1. The van der Waals surface area contributed by atoms with Gasteiger partial charge in [-0.05, 0) is 70.8 Å². The van der Waals surface area contributed by atoms with Gasteiger partial charge in [-0.1, -0.05) is 46.1 Å². The van der Waals surface area contributed by atoms with Gasteiger partial charge in [0.15, 0.2) is 5.11 Å².